The van der Waals surface area contributed by atoms with E-state index in [9.17, 15) is 28.1 Å². The molecule has 0 aliphatic carbocycles. The number of anilines is 1. The number of amides is 1. The number of alkyl halides is 3. The summed E-state index contributed by atoms with van der Waals surface area (Å²) in [6, 6.07) is 13.0. The van der Waals surface area contributed by atoms with Crippen molar-refractivity contribution in [1.82, 2.24) is 9.80 Å². The Kier molecular flexibility index (Phi) is 8.52. The van der Waals surface area contributed by atoms with Crippen LogP contribution in [-0.2, 0) is 11.0 Å². The Bertz CT molecular complexity index is 1070. The number of benzene rings is 2. The minimum atomic E-state index is -4.85. The highest BCUT2D eigenvalue weighted by Gasteiger charge is 2.39. The van der Waals surface area contributed by atoms with E-state index in [-0.39, 0.29) is 17.8 Å². The Morgan fingerprint density at radius 1 is 1.00 bits per heavy atom. The Balaban J connectivity index is 1.17. The van der Waals surface area contributed by atoms with Gasteiger partial charge in [0.1, 0.15) is 17.4 Å². The van der Waals surface area contributed by atoms with E-state index >= 15 is 0 Å². The molecule has 200 valence electrons. The largest absolute Gasteiger partial charge is 0.490 e. The van der Waals surface area contributed by atoms with E-state index in [1.165, 1.54) is 11.8 Å². The van der Waals surface area contributed by atoms with Gasteiger partial charge in [-0.3, -0.25) is 19.8 Å². The van der Waals surface area contributed by atoms with Crippen LogP contribution in [0, 0.1) is 10.1 Å². The summed E-state index contributed by atoms with van der Waals surface area (Å²) in [7, 11) is 0. The number of para-hydroxylation sites is 1. The maximum atomic E-state index is 13.2. The van der Waals surface area contributed by atoms with Crippen LogP contribution in [0.1, 0.15) is 31.2 Å². The first-order valence-electron chi connectivity index (χ1n) is 12.5. The molecule has 0 unspecified atom stereocenters. The normalized spacial score (nSPS) is 17.6. The summed E-state index contributed by atoms with van der Waals surface area (Å²) < 4.78 is 45.3. The zero-order valence-corrected chi connectivity index (χ0v) is 20.5. The predicted octanol–water partition coefficient (Wildman–Crippen LogP) is 4.59. The number of hydrogen-bond acceptors (Lipinski definition) is 6. The van der Waals surface area contributed by atoms with Gasteiger partial charge in [0.2, 0.25) is 5.91 Å². The average molecular weight is 521 g/mol. The van der Waals surface area contributed by atoms with Crippen LogP contribution < -0.4 is 9.64 Å². The topological polar surface area (TPSA) is 79.2 Å². The van der Waals surface area contributed by atoms with Gasteiger partial charge in [0.25, 0.3) is 5.69 Å². The molecule has 4 rings (SSSR count). The summed E-state index contributed by atoms with van der Waals surface area (Å²) in [6.07, 6.45) is -2.98. The third kappa shape index (κ3) is 7.12. The minimum Gasteiger partial charge on any atom is -0.490 e. The molecule has 2 aliphatic heterocycles. The molecular formula is C26H31F3N4O4. The van der Waals surface area contributed by atoms with Crippen molar-refractivity contribution >= 4 is 17.3 Å². The van der Waals surface area contributed by atoms with E-state index in [0.717, 1.165) is 45.2 Å². The van der Waals surface area contributed by atoms with Gasteiger partial charge in [-0.05, 0) is 37.2 Å². The van der Waals surface area contributed by atoms with Crippen molar-refractivity contribution in [1.29, 1.82) is 0 Å². The SMILES string of the molecule is O=C(CCCN1CCN(c2ccccc2)CC1)N1CCC(Oc2ccc([N+](=O)[O-])c(C(F)(F)F)c2)CC1. The molecule has 37 heavy (non-hydrogen) atoms. The monoisotopic (exact) mass is 520 g/mol. The van der Waals surface area contributed by atoms with Crippen molar-refractivity contribution in [3.63, 3.8) is 0 Å². The van der Waals surface area contributed by atoms with Crippen LogP contribution in [0.2, 0.25) is 0 Å². The Morgan fingerprint density at radius 3 is 2.30 bits per heavy atom. The molecule has 0 radical (unpaired) electrons. The van der Waals surface area contributed by atoms with Gasteiger partial charge in [0.15, 0.2) is 0 Å². The average Bonchev–Trinajstić information content (AvgIpc) is 2.89. The minimum absolute atomic E-state index is 0.0601. The van der Waals surface area contributed by atoms with Gasteiger partial charge in [0.05, 0.1) is 4.92 Å². The number of hydrogen-bond donors (Lipinski definition) is 0. The number of nitro groups is 1. The summed E-state index contributed by atoms with van der Waals surface area (Å²) >= 11 is 0. The lowest BCUT2D eigenvalue weighted by molar-refractivity contribution is -0.388. The lowest BCUT2D eigenvalue weighted by Crippen LogP contribution is -2.47. The van der Waals surface area contributed by atoms with Crippen LogP contribution in [0.25, 0.3) is 0 Å². The fraction of sp³-hybridized carbons (Fsp3) is 0.500. The molecule has 0 saturated carbocycles. The van der Waals surface area contributed by atoms with E-state index in [1.54, 1.807) is 4.90 Å². The van der Waals surface area contributed by atoms with Gasteiger partial charge in [-0.15, -0.1) is 0 Å². The van der Waals surface area contributed by atoms with Crippen molar-refractivity contribution in [2.75, 3.05) is 50.7 Å². The second-order valence-corrected chi connectivity index (χ2v) is 9.40. The Morgan fingerprint density at radius 2 is 1.68 bits per heavy atom. The quantitative estimate of drug-likeness (QED) is 0.374. The van der Waals surface area contributed by atoms with Crippen molar-refractivity contribution in [2.24, 2.45) is 0 Å². The number of rotatable bonds is 8. The third-order valence-electron chi connectivity index (χ3n) is 6.93. The second-order valence-electron chi connectivity index (χ2n) is 9.40. The maximum Gasteiger partial charge on any atom is 0.423 e. The summed E-state index contributed by atoms with van der Waals surface area (Å²) in [5.74, 6) is 0.0196. The second kappa shape index (κ2) is 11.8. The van der Waals surface area contributed by atoms with Gasteiger partial charge in [0, 0.05) is 70.3 Å². The van der Waals surface area contributed by atoms with Gasteiger partial charge < -0.3 is 14.5 Å². The van der Waals surface area contributed by atoms with Crippen molar-refractivity contribution < 1.29 is 27.6 Å². The molecule has 2 saturated heterocycles. The molecule has 0 bridgehead atoms. The fourth-order valence-corrected chi connectivity index (χ4v) is 4.87. The van der Waals surface area contributed by atoms with Crippen molar-refractivity contribution in [2.45, 2.75) is 38.0 Å². The smallest absolute Gasteiger partial charge is 0.423 e. The van der Waals surface area contributed by atoms with E-state index in [2.05, 4.69) is 21.9 Å². The summed E-state index contributed by atoms with van der Waals surface area (Å²) in [5, 5.41) is 10.9. The number of ether oxygens (including phenoxy) is 1. The molecule has 2 fully saturated rings. The molecule has 0 atom stereocenters. The van der Waals surface area contributed by atoms with Crippen LogP contribution in [0.3, 0.4) is 0 Å². The predicted molar refractivity (Wildman–Crippen MR) is 133 cm³/mol. The lowest BCUT2D eigenvalue weighted by Gasteiger charge is -2.36. The number of carbonyl (C=O) groups is 1. The van der Waals surface area contributed by atoms with Crippen LogP contribution in [-0.4, -0.2) is 72.5 Å². The zero-order chi connectivity index (χ0) is 26.4. The molecule has 0 aromatic heterocycles. The molecule has 0 spiro atoms. The zero-order valence-electron chi connectivity index (χ0n) is 20.5. The molecule has 1 amide bonds. The lowest BCUT2D eigenvalue weighted by atomic mass is 10.1. The van der Waals surface area contributed by atoms with Gasteiger partial charge in [-0.1, -0.05) is 18.2 Å². The number of piperidine rings is 1. The number of nitro benzene ring substituents is 1. The Hall–Kier alpha value is -3.34. The van der Waals surface area contributed by atoms with Crippen molar-refractivity contribution in [3.8, 4) is 5.75 Å². The van der Waals surface area contributed by atoms with E-state index in [4.69, 9.17) is 4.74 Å². The summed E-state index contributed by atoms with van der Waals surface area (Å²) in [5.41, 5.74) is -1.10. The Labute approximate surface area is 213 Å². The highest BCUT2D eigenvalue weighted by molar-refractivity contribution is 5.76. The summed E-state index contributed by atoms with van der Waals surface area (Å²) in [4.78, 5) is 29.1. The first kappa shape index (κ1) is 26.7. The molecule has 0 N–H and O–H groups in total. The first-order valence-corrected chi connectivity index (χ1v) is 12.5. The number of carbonyl (C=O) groups excluding carboxylic acids is 1. The van der Waals surface area contributed by atoms with Crippen LogP contribution in [0.15, 0.2) is 48.5 Å². The molecular weight excluding hydrogens is 489 g/mol. The van der Waals surface area contributed by atoms with Gasteiger partial charge >= 0.3 is 6.18 Å². The van der Waals surface area contributed by atoms with Gasteiger partial charge in [-0.25, -0.2) is 0 Å². The molecule has 11 heteroatoms. The van der Waals surface area contributed by atoms with Gasteiger partial charge in [-0.2, -0.15) is 13.2 Å². The number of nitrogens with zero attached hydrogens (tertiary/aromatic N) is 4. The molecule has 2 aliphatic rings. The number of piperazine rings is 1. The number of likely N-dealkylation sites (tertiary alicyclic amines) is 1. The molecule has 2 heterocycles. The van der Waals surface area contributed by atoms with Crippen LogP contribution in [0.5, 0.6) is 5.75 Å². The van der Waals surface area contributed by atoms with Crippen LogP contribution >= 0.6 is 0 Å². The maximum absolute atomic E-state index is 13.2. The molecule has 2 aromatic carbocycles. The highest BCUT2D eigenvalue weighted by atomic mass is 19.4. The van der Waals surface area contributed by atoms with E-state index < -0.39 is 22.4 Å². The van der Waals surface area contributed by atoms with Crippen molar-refractivity contribution in [3.05, 3.63) is 64.2 Å². The van der Waals surface area contributed by atoms with E-state index in [0.29, 0.717) is 38.4 Å². The van der Waals surface area contributed by atoms with Crippen LogP contribution in [0.4, 0.5) is 24.5 Å². The van der Waals surface area contributed by atoms with E-state index in [1.807, 2.05) is 18.2 Å². The molecule has 8 nitrogen and oxygen atoms in total. The summed E-state index contributed by atoms with van der Waals surface area (Å²) in [6.45, 7) is 5.66. The fourth-order valence-electron chi connectivity index (χ4n) is 4.87. The first-order chi connectivity index (χ1) is 17.7. The number of halogens is 3. The third-order valence-corrected chi connectivity index (χ3v) is 6.93. The highest BCUT2D eigenvalue weighted by Crippen LogP contribution is 2.38. The standard InChI is InChI=1S/C26H31F3N4O4/c27-26(28,29)23-19-22(8-9-24(23)33(35)36)37-21-10-13-32(14-11-21)25(34)7-4-12-30-15-17-31(18-16-30)20-5-2-1-3-6-20/h1-3,5-6,8-9,19,21H,4,7,10-18H2. The molecule has 2 aromatic rings.